The molecule has 0 radical (unpaired) electrons. The Morgan fingerprint density at radius 2 is 2.00 bits per heavy atom. The van der Waals surface area contributed by atoms with Crippen LogP contribution in [0.25, 0.3) is 0 Å². The average molecular weight is 215 g/mol. The molecule has 0 saturated carbocycles. The fourth-order valence-electron chi connectivity index (χ4n) is 1.47. The SMILES string of the molecule is CCCCCCc1ccc(Cl)cc1F. The highest BCUT2D eigenvalue weighted by atomic mass is 35.5. The molecule has 0 aliphatic rings. The topological polar surface area (TPSA) is 0 Å². The van der Waals surface area contributed by atoms with Crippen molar-refractivity contribution in [3.05, 3.63) is 34.6 Å². The lowest BCUT2D eigenvalue weighted by Crippen LogP contribution is -1.90. The zero-order valence-electron chi connectivity index (χ0n) is 8.52. The zero-order chi connectivity index (χ0) is 10.4. The molecule has 78 valence electrons. The third kappa shape index (κ3) is 3.67. The molecule has 0 saturated heterocycles. The predicted molar refractivity (Wildman–Crippen MR) is 59.3 cm³/mol. The van der Waals surface area contributed by atoms with Crippen molar-refractivity contribution in [2.75, 3.05) is 0 Å². The van der Waals surface area contributed by atoms with Gasteiger partial charge in [0.15, 0.2) is 0 Å². The number of hydrogen-bond donors (Lipinski definition) is 0. The summed E-state index contributed by atoms with van der Waals surface area (Å²) in [5.41, 5.74) is 0.783. The van der Waals surface area contributed by atoms with Gasteiger partial charge in [0.1, 0.15) is 5.82 Å². The van der Waals surface area contributed by atoms with E-state index < -0.39 is 0 Å². The van der Waals surface area contributed by atoms with Gasteiger partial charge in [-0.25, -0.2) is 4.39 Å². The molecule has 0 aliphatic carbocycles. The third-order valence-corrected chi connectivity index (χ3v) is 2.55. The van der Waals surface area contributed by atoms with Crippen LogP contribution in [0.4, 0.5) is 4.39 Å². The molecule has 14 heavy (non-hydrogen) atoms. The van der Waals surface area contributed by atoms with Gasteiger partial charge >= 0.3 is 0 Å². The van der Waals surface area contributed by atoms with Gasteiger partial charge in [0, 0.05) is 5.02 Å². The van der Waals surface area contributed by atoms with Crippen molar-refractivity contribution < 1.29 is 4.39 Å². The zero-order valence-corrected chi connectivity index (χ0v) is 9.28. The normalized spacial score (nSPS) is 10.5. The van der Waals surface area contributed by atoms with Crippen LogP contribution in [0.3, 0.4) is 0 Å². The summed E-state index contributed by atoms with van der Waals surface area (Å²) in [4.78, 5) is 0. The minimum Gasteiger partial charge on any atom is -0.207 e. The fraction of sp³-hybridized carbons (Fsp3) is 0.500. The molecule has 0 nitrogen and oxygen atoms in total. The second kappa shape index (κ2) is 6.02. The summed E-state index contributed by atoms with van der Waals surface area (Å²) in [6, 6.07) is 4.92. The molecular formula is C12H16ClF. The number of aryl methyl sites for hydroxylation is 1. The Hall–Kier alpha value is -0.560. The minimum atomic E-state index is -0.172. The van der Waals surface area contributed by atoms with Gasteiger partial charge in [0.25, 0.3) is 0 Å². The number of benzene rings is 1. The maximum Gasteiger partial charge on any atom is 0.127 e. The van der Waals surface area contributed by atoms with Gasteiger partial charge in [0.05, 0.1) is 0 Å². The van der Waals surface area contributed by atoms with E-state index in [-0.39, 0.29) is 5.82 Å². The van der Waals surface area contributed by atoms with E-state index in [1.54, 1.807) is 12.1 Å². The van der Waals surface area contributed by atoms with Crippen LogP contribution in [0.15, 0.2) is 18.2 Å². The summed E-state index contributed by atoms with van der Waals surface area (Å²) >= 11 is 5.66. The van der Waals surface area contributed by atoms with Gasteiger partial charge in [-0.15, -0.1) is 0 Å². The maximum atomic E-state index is 13.3. The van der Waals surface area contributed by atoms with Gasteiger partial charge in [-0.05, 0) is 30.5 Å². The van der Waals surface area contributed by atoms with E-state index in [1.165, 1.54) is 25.3 Å². The minimum absolute atomic E-state index is 0.172. The highest BCUT2D eigenvalue weighted by molar-refractivity contribution is 6.30. The number of halogens is 2. The average Bonchev–Trinajstić information content (AvgIpc) is 2.15. The first-order valence-electron chi connectivity index (χ1n) is 5.18. The molecule has 2 heteroatoms. The van der Waals surface area contributed by atoms with Crippen LogP contribution in [0.5, 0.6) is 0 Å². The highest BCUT2D eigenvalue weighted by Crippen LogP contribution is 2.16. The van der Waals surface area contributed by atoms with E-state index in [9.17, 15) is 4.39 Å². The van der Waals surface area contributed by atoms with Crippen LogP contribution >= 0.6 is 11.6 Å². The molecule has 0 aromatic heterocycles. The molecule has 0 heterocycles. The van der Waals surface area contributed by atoms with Crippen LogP contribution in [0, 0.1) is 5.82 Å². The Kier molecular flexibility index (Phi) is 4.95. The lowest BCUT2D eigenvalue weighted by molar-refractivity contribution is 0.594. The Balaban J connectivity index is 2.42. The van der Waals surface area contributed by atoms with Crippen molar-refractivity contribution in [2.45, 2.75) is 39.0 Å². The van der Waals surface area contributed by atoms with Crippen molar-refractivity contribution in [2.24, 2.45) is 0 Å². The molecular weight excluding hydrogens is 199 g/mol. The molecule has 0 unspecified atom stereocenters. The summed E-state index contributed by atoms with van der Waals surface area (Å²) in [6.07, 6.45) is 5.51. The second-order valence-electron chi connectivity index (χ2n) is 3.55. The van der Waals surface area contributed by atoms with Gasteiger partial charge in [0.2, 0.25) is 0 Å². The Morgan fingerprint density at radius 1 is 1.21 bits per heavy atom. The van der Waals surface area contributed by atoms with Gasteiger partial charge in [-0.3, -0.25) is 0 Å². The first-order chi connectivity index (χ1) is 6.74. The molecule has 0 spiro atoms. The van der Waals surface area contributed by atoms with E-state index in [0.717, 1.165) is 18.4 Å². The van der Waals surface area contributed by atoms with Crippen LogP contribution in [-0.2, 0) is 6.42 Å². The predicted octanol–water partition coefficient (Wildman–Crippen LogP) is 4.60. The summed E-state index contributed by atoms with van der Waals surface area (Å²) in [5.74, 6) is -0.172. The van der Waals surface area contributed by atoms with E-state index in [0.29, 0.717) is 5.02 Å². The Bertz CT molecular complexity index is 284. The molecule has 0 atom stereocenters. The van der Waals surface area contributed by atoms with Crippen molar-refractivity contribution in [3.8, 4) is 0 Å². The van der Waals surface area contributed by atoms with Crippen molar-refractivity contribution in [1.29, 1.82) is 0 Å². The monoisotopic (exact) mass is 214 g/mol. The van der Waals surface area contributed by atoms with Gasteiger partial charge in [-0.1, -0.05) is 43.9 Å². The molecule has 0 fully saturated rings. The van der Waals surface area contributed by atoms with Crippen LogP contribution in [-0.4, -0.2) is 0 Å². The smallest absolute Gasteiger partial charge is 0.127 e. The van der Waals surface area contributed by atoms with E-state index in [4.69, 9.17) is 11.6 Å². The first kappa shape index (κ1) is 11.5. The van der Waals surface area contributed by atoms with Crippen LogP contribution < -0.4 is 0 Å². The molecule has 0 N–H and O–H groups in total. The molecule has 0 aliphatic heterocycles. The summed E-state index contributed by atoms with van der Waals surface area (Å²) in [6.45, 7) is 2.17. The van der Waals surface area contributed by atoms with Gasteiger partial charge in [-0.2, -0.15) is 0 Å². The molecule has 1 rings (SSSR count). The van der Waals surface area contributed by atoms with E-state index in [1.807, 2.05) is 0 Å². The number of rotatable bonds is 5. The van der Waals surface area contributed by atoms with Gasteiger partial charge < -0.3 is 0 Å². The molecule has 1 aromatic rings. The molecule has 0 bridgehead atoms. The molecule has 1 aromatic carbocycles. The van der Waals surface area contributed by atoms with Crippen LogP contribution in [0.2, 0.25) is 5.02 Å². The summed E-state index contributed by atoms with van der Waals surface area (Å²) in [5, 5.41) is 0.472. The largest absolute Gasteiger partial charge is 0.207 e. The summed E-state index contributed by atoms with van der Waals surface area (Å²) < 4.78 is 13.3. The van der Waals surface area contributed by atoms with E-state index in [2.05, 4.69) is 6.92 Å². The number of unbranched alkanes of at least 4 members (excludes halogenated alkanes) is 3. The van der Waals surface area contributed by atoms with Crippen molar-refractivity contribution in [1.82, 2.24) is 0 Å². The maximum absolute atomic E-state index is 13.3. The first-order valence-corrected chi connectivity index (χ1v) is 5.55. The number of hydrogen-bond acceptors (Lipinski definition) is 0. The van der Waals surface area contributed by atoms with Crippen LogP contribution in [0.1, 0.15) is 38.2 Å². The quantitative estimate of drug-likeness (QED) is 0.629. The van der Waals surface area contributed by atoms with Crippen molar-refractivity contribution >= 4 is 11.6 Å². The second-order valence-corrected chi connectivity index (χ2v) is 3.98. The van der Waals surface area contributed by atoms with Crippen molar-refractivity contribution in [3.63, 3.8) is 0 Å². The highest BCUT2D eigenvalue weighted by Gasteiger charge is 2.01. The fourth-order valence-corrected chi connectivity index (χ4v) is 1.63. The lowest BCUT2D eigenvalue weighted by atomic mass is 10.1. The molecule has 0 amide bonds. The standard InChI is InChI=1S/C12H16ClF/c1-2-3-4-5-6-10-7-8-11(13)9-12(10)14/h7-9H,2-6H2,1H3. The van der Waals surface area contributed by atoms with E-state index >= 15 is 0 Å². The third-order valence-electron chi connectivity index (χ3n) is 2.31. The Labute approximate surface area is 90.1 Å². The Morgan fingerprint density at radius 3 is 2.64 bits per heavy atom. The lowest BCUT2D eigenvalue weighted by Gasteiger charge is -2.03. The summed E-state index contributed by atoms with van der Waals surface area (Å²) in [7, 11) is 0.